The maximum Gasteiger partial charge on any atom is 0.0586 e. The monoisotopic (exact) mass is 269 g/mol. The van der Waals surface area contributed by atoms with E-state index in [2.05, 4.69) is 46.9 Å². The quantitative estimate of drug-likeness (QED) is 0.692. The second-order valence-electron chi connectivity index (χ2n) is 7.73. The minimum absolute atomic E-state index is 0.403. The zero-order chi connectivity index (χ0) is 14.5. The van der Waals surface area contributed by atoms with Gasteiger partial charge in [-0.1, -0.05) is 34.6 Å². The second kappa shape index (κ2) is 7.64. The third-order valence-electron chi connectivity index (χ3n) is 4.11. The predicted octanol–water partition coefficient (Wildman–Crippen LogP) is 4.38. The van der Waals surface area contributed by atoms with Gasteiger partial charge in [0.05, 0.1) is 12.2 Å². The lowest BCUT2D eigenvalue weighted by Crippen LogP contribution is -2.34. The molecule has 19 heavy (non-hydrogen) atoms. The van der Waals surface area contributed by atoms with Crippen LogP contribution in [0.5, 0.6) is 0 Å². The van der Waals surface area contributed by atoms with Gasteiger partial charge in [0, 0.05) is 6.04 Å². The van der Waals surface area contributed by atoms with Crippen LogP contribution >= 0.6 is 0 Å². The highest BCUT2D eigenvalue weighted by Crippen LogP contribution is 2.40. The van der Waals surface area contributed by atoms with Crippen molar-refractivity contribution in [1.29, 1.82) is 0 Å². The van der Waals surface area contributed by atoms with Crippen LogP contribution in [0, 0.1) is 11.3 Å². The van der Waals surface area contributed by atoms with Crippen molar-refractivity contribution in [2.45, 2.75) is 91.9 Å². The molecule has 0 amide bonds. The Kier molecular flexibility index (Phi) is 6.82. The molecule has 2 nitrogen and oxygen atoms in total. The van der Waals surface area contributed by atoms with Gasteiger partial charge in [-0.25, -0.2) is 0 Å². The Hall–Kier alpha value is -0.0800. The van der Waals surface area contributed by atoms with Crippen LogP contribution < -0.4 is 5.32 Å². The van der Waals surface area contributed by atoms with E-state index in [1.165, 1.54) is 32.1 Å². The summed E-state index contributed by atoms with van der Waals surface area (Å²) in [5, 5.41) is 3.47. The Bertz CT molecular complexity index is 250. The molecular formula is C17H35NO. The van der Waals surface area contributed by atoms with Crippen LogP contribution in [0.3, 0.4) is 0 Å². The van der Waals surface area contributed by atoms with Crippen molar-refractivity contribution in [3.63, 3.8) is 0 Å². The fourth-order valence-electron chi connectivity index (χ4n) is 3.54. The number of rotatable bonds is 7. The third kappa shape index (κ3) is 7.31. The molecule has 0 radical (unpaired) electrons. The van der Waals surface area contributed by atoms with Gasteiger partial charge in [0.15, 0.2) is 0 Å². The summed E-state index contributed by atoms with van der Waals surface area (Å²) in [7, 11) is 0. The summed E-state index contributed by atoms with van der Waals surface area (Å²) in [6.07, 6.45) is 7.09. The molecule has 0 heterocycles. The second-order valence-corrected chi connectivity index (χ2v) is 7.73. The molecule has 1 aliphatic rings. The van der Waals surface area contributed by atoms with Gasteiger partial charge in [-0.2, -0.15) is 0 Å². The normalized spacial score (nSPS) is 28.6. The van der Waals surface area contributed by atoms with Crippen molar-refractivity contribution >= 4 is 0 Å². The molecule has 0 spiro atoms. The summed E-state index contributed by atoms with van der Waals surface area (Å²) in [5.41, 5.74) is 0.460. The molecule has 114 valence electrons. The van der Waals surface area contributed by atoms with Gasteiger partial charge >= 0.3 is 0 Å². The molecule has 1 rings (SSSR count). The number of nitrogens with one attached hydrogen (secondary N) is 1. The lowest BCUT2D eigenvalue weighted by molar-refractivity contribution is -0.0614. The fraction of sp³-hybridized carbons (Fsp3) is 1.00. The Balaban J connectivity index is 2.22. The molecule has 3 atom stereocenters. The molecule has 0 aliphatic heterocycles. The SMILES string of the molecule is CC1CC(OC(C)CCCNC(C)C)CC(C)(C)C1. The highest BCUT2D eigenvalue weighted by Gasteiger charge is 2.33. The molecule has 0 aromatic rings. The van der Waals surface area contributed by atoms with Crippen molar-refractivity contribution in [1.82, 2.24) is 5.32 Å². The van der Waals surface area contributed by atoms with Gasteiger partial charge in [-0.3, -0.25) is 0 Å². The first-order valence-corrected chi connectivity index (χ1v) is 8.17. The van der Waals surface area contributed by atoms with E-state index >= 15 is 0 Å². The maximum atomic E-state index is 6.28. The fourth-order valence-corrected chi connectivity index (χ4v) is 3.54. The summed E-state index contributed by atoms with van der Waals surface area (Å²) in [4.78, 5) is 0. The molecule has 0 aromatic heterocycles. The van der Waals surface area contributed by atoms with Gasteiger partial charge < -0.3 is 10.1 Å². The highest BCUT2D eigenvalue weighted by atomic mass is 16.5. The molecular weight excluding hydrogens is 234 g/mol. The molecule has 1 aliphatic carbocycles. The average molecular weight is 269 g/mol. The average Bonchev–Trinajstić information content (AvgIpc) is 2.21. The summed E-state index contributed by atoms with van der Waals surface area (Å²) in [6, 6.07) is 0.594. The summed E-state index contributed by atoms with van der Waals surface area (Å²) >= 11 is 0. The van der Waals surface area contributed by atoms with Crippen LogP contribution in [0.2, 0.25) is 0 Å². The zero-order valence-electron chi connectivity index (χ0n) is 14.0. The third-order valence-corrected chi connectivity index (χ3v) is 4.11. The zero-order valence-corrected chi connectivity index (χ0v) is 14.0. The Morgan fingerprint density at radius 1 is 1.21 bits per heavy atom. The van der Waals surface area contributed by atoms with E-state index in [1.54, 1.807) is 0 Å². The van der Waals surface area contributed by atoms with Crippen molar-refractivity contribution in [2.24, 2.45) is 11.3 Å². The topological polar surface area (TPSA) is 21.3 Å². The van der Waals surface area contributed by atoms with Crippen molar-refractivity contribution in [3.8, 4) is 0 Å². The molecule has 1 saturated carbocycles. The Morgan fingerprint density at radius 2 is 1.89 bits per heavy atom. The van der Waals surface area contributed by atoms with Crippen molar-refractivity contribution in [2.75, 3.05) is 6.54 Å². The van der Waals surface area contributed by atoms with Crippen molar-refractivity contribution < 1.29 is 4.74 Å². The van der Waals surface area contributed by atoms with Gasteiger partial charge in [0.25, 0.3) is 0 Å². The molecule has 0 aromatic carbocycles. The number of hydrogen-bond donors (Lipinski definition) is 1. The first-order chi connectivity index (χ1) is 8.78. The minimum atomic E-state index is 0.403. The molecule has 0 bridgehead atoms. The Morgan fingerprint density at radius 3 is 2.47 bits per heavy atom. The molecule has 1 fully saturated rings. The standard InChI is InChI=1S/C17H35NO/c1-13(2)18-9-7-8-15(4)19-16-10-14(3)11-17(5,6)12-16/h13-16,18H,7-12H2,1-6H3. The molecule has 2 heteroatoms. The highest BCUT2D eigenvalue weighted by molar-refractivity contribution is 4.83. The van der Waals surface area contributed by atoms with E-state index in [0.29, 0.717) is 23.7 Å². The van der Waals surface area contributed by atoms with Gasteiger partial charge in [0.2, 0.25) is 0 Å². The Labute approximate surface area is 120 Å². The van der Waals surface area contributed by atoms with E-state index in [9.17, 15) is 0 Å². The molecule has 3 unspecified atom stereocenters. The van der Waals surface area contributed by atoms with Crippen molar-refractivity contribution in [3.05, 3.63) is 0 Å². The van der Waals surface area contributed by atoms with Crippen LogP contribution in [0.1, 0.15) is 73.6 Å². The summed E-state index contributed by atoms with van der Waals surface area (Å²) < 4.78 is 6.28. The predicted molar refractivity (Wildman–Crippen MR) is 83.5 cm³/mol. The lowest BCUT2D eigenvalue weighted by Gasteiger charge is -2.39. The summed E-state index contributed by atoms with van der Waals surface area (Å²) in [6.45, 7) is 14.9. The first-order valence-electron chi connectivity index (χ1n) is 8.17. The van der Waals surface area contributed by atoms with E-state index in [0.717, 1.165) is 12.5 Å². The van der Waals surface area contributed by atoms with E-state index in [-0.39, 0.29) is 0 Å². The van der Waals surface area contributed by atoms with Crippen LogP contribution in [0.4, 0.5) is 0 Å². The van der Waals surface area contributed by atoms with E-state index < -0.39 is 0 Å². The maximum absolute atomic E-state index is 6.28. The van der Waals surface area contributed by atoms with E-state index in [4.69, 9.17) is 4.74 Å². The van der Waals surface area contributed by atoms with Crippen LogP contribution in [0.15, 0.2) is 0 Å². The molecule has 1 N–H and O–H groups in total. The van der Waals surface area contributed by atoms with Gasteiger partial charge in [-0.05, 0) is 56.9 Å². The largest absolute Gasteiger partial charge is 0.375 e. The minimum Gasteiger partial charge on any atom is -0.375 e. The van der Waals surface area contributed by atoms with Crippen LogP contribution in [0.25, 0.3) is 0 Å². The smallest absolute Gasteiger partial charge is 0.0586 e. The van der Waals surface area contributed by atoms with Crippen LogP contribution in [-0.4, -0.2) is 24.8 Å². The van der Waals surface area contributed by atoms with Gasteiger partial charge in [0.1, 0.15) is 0 Å². The van der Waals surface area contributed by atoms with Crippen LogP contribution in [-0.2, 0) is 4.74 Å². The lowest BCUT2D eigenvalue weighted by atomic mass is 9.71. The van der Waals surface area contributed by atoms with E-state index in [1.807, 2.05) is 0 Å². The number of hydrogen-bond acceptors (Lipinski definition) is 2. The summed E-state index contributed by atoms with van der Waals surface area (Å²) in [5.74, 6) is 0.809. The van der Waals surface area contributed by atoms with Gasteiger partial charge in [-0.15, -0.1) is 0 Å². The molecule has 0 saturated heterocycles. The number of ether oxygens (including phenoxy) is 1. The first kappa shape index (κ1) is 17.0.